The number of rotatable bonds is 3. The fourth-order valence-electron chi connectivity index (χ4n) is 2.95. The van der Waals surface area contributed by atoms with Gasteiger partial charge < -0.3 is 15.3 Å². The Morgan fingerprint density at radius 2 is 1.72 bits per heavy atom. The monoisotopic (exact) mass is 342 g/mol. The number of carbonyl (C=O) groups is 2. The van der Waals surface area contributed by atoms with Gasteiger partial charge in [0.05, 0.1) is 11.6 Å². The maximum absolute atomic E-state index is 14.3. The molecule has 0 aromatic heterocycles. The first-order valence-electron chi connectivity index (χ1n) is 8.18. The molecule has 0 aliphatic carbocycles. The molecule has 2 aromatic rings. The minimum Gasteiger partial charge on any atom is -0.481 e. The molecule has 0 spiro atoms. The second kappa shape index (κ2) is 7.34. The van der Waals surface area contributed by atoms with Gasteiger partial charge in [-0.3, -0.25) is 4.79 Å². The fourth-order valence-corrected chi connectivity index (χ4v) is 2.95. The molecule has 0 saturated carbocycles. The van der Waals surface area contributed by atoms with E-state index in [4.69, 9.17) is 5.11 Å². The molecule has 0 radical (unpaired) electrons. The third-order valence-electron chi connectivity index (χ3n) is 4.45. The van der Waals surface area contributed by atoms with Crippen molar-refractivity contribution in [3.05, 3.63) is 54.3 Å². The number of nitrogens with one attached hydrogen (secondary N) is 1. The van der Waals surface area contributed by atoms with Gasteiger partial charge in [-0.05, 0) is 36.1 Å². The van der Waals surface area contributed by atoms with Gasteiger partial charge in [-0.1, -0.05) is 36.4 Å². The number of carboxylic acids is 1. The molecule has 1 saturated heterocycles. The minimum absolute atomic E-state index is 0.116. The molecule has 6 heteroatoms. The van der Waals surface area contributed by atoms with Crippen LogP contribution in [-0.4, -0.2) is 35.1 Å². The standard InChI is InChI=1S/C19H19FN2O3/c20-16-12-15(13-4-2-1-3-5-13)6-7-17(16)21-19(25)22-10-8-14(9-11-22)18(23)24/h1-7,12,14H,8-11H2,(H,21,25)(H,23,24). The van der Waals surface area contributed by atoms with Crippen molar-refractivity contribution in [1.82, 2.24) is 4.90 Å². The van der Waals surface area contributed by atoms with E-state index in [0.29, 0.717) is 25.9 Å². The highest BCUT2D eigenvalue weighted by atomic mass is 19.1. The Morgan fingerprint density at radius 3 is 2.32 bits per heavy atom. The molecule has 1 heterocycles. The number of carboxylic acid groups (broad SMARTS) is 1. The maximum atomic E-state index is 14.3. The summed E-state index contributed by atoms with van der Waals surface area (Å²) in [5.41, 5.74) is 1.75. The summed E-state index contributed by atoms with van der Waals surface area (Å²) in [6.45, 7) is 0.707. The van der Waals surface area contributed by atoms with Crippen molar-refractivity contribution in [2.45, 2.75) is 12.8 Å². The molecule has 3 rings (SSSR count). The summed E-state index contributed by atoms with van der Waals surface area (Å²) in [5, 5.41) is 11.6. The Bertz CT molecular complexity index is 771. The largest absolute Gasteiger partial charge is 0.481 e. The second-order valence-corrected chi connectivity index (χ2v) is 6.09. The molecule has 1 aliphatic heterocycles. The Balaban J connectivity index is 1.65. The Kier molecular flexibility index (Phi) is 4.97. The summed E-state index contributed by atoms with van der Waals surface area (Å²) in [4.78, 5) is 24.7. The van der Waals surface area contributed by atoms with Gasteiger partial charge in [-0.25, -0.2) is 9.18 Å². The fraction of sp³-hybridized carbons (Fsp3) is 0.263. The van der Waals surface area contributed by atoms with Crippen LogP contribution in [-0.2, 0) is 4.79 Å². The third kappa shape index (κ3) is 3.96. The van der Waals surface area contributed by atoms with Crippen LogP contribution < -0.4 is 5.32 Å². The average Bonchev–Trinajstić information content (AvgIpc) is 2.64. The van der Waals surface area contributed by atoms with Gasteiger partial charge in [0.25, 0.3) is 0 Å². The predicted octanol–water partition coefficient (Wildman–Crippen LogP) is 3.82. The van der Waals surface area contributed by atoms with Gasteiger partial charge in [-0.15, -0.1) is 0 Å². The predicted molar refractivity (Wildman–Crippen MR) is 92.8 cm³/mol. The number of nitrogens with zero attached hydrogens (tertiary/aromatic N) is 1. The van der Waals surface area contributed by atoms with Crippen LogP contribution >= 0.6 is 0 Å². The van der Waals surface area contributed by atoms with Crippen molar-refractivity contribution in [2.75, 3.05) is 18.4 Å². The van der Waals surface area contributed by atoms with Crippen molar-refractivity contribution in [3.63, 3.8) is 0 Å². The van der Waals surface area contributed by atoms with Gasteiger partial charge in [0.2, 0.25) is 0 Å². The number of amides is 2. The number of halogens is 1. The Labute approximate surface area is 145 Å². The number of benzene rings is 2. The molecule has 0 bridgehead atoms. The van der Waals surface area contributed by atoms with Crippen LogP contribution in [0.2, 0.25) is 0 Å². The molecule has 5 nitrogen and oxygen atoms in total. The van der Waals surface area contributed by atoms with Crippen molar-refractivity contribution in [1.29, 1.82) is 0 Å². The summed E-state index contributed by atoms with van der Waals surface area (Å²) < 4.78 is 14.3. The summed E-state index contributed by atoms with van der Waals surface area (Å²) in [5.74, 6) is -1.75. The Hall–Kier alpha value is -2.89. The molecule has 2 N–H and O–H groups in total. The third-order valence-corrected chi connectivity index (χ3v) is 4.45. The lowest BCUT2D eigenvalue weighted by atomic mass is 9.97. The average molecular weight is 342 g/mol. The van der Waals surface area contributed by atoms with E-state index in [0.717, 1.165) is 11.1 Å². The van der Waals surface area contributed by atoms with Crippen LogP contribution in [0.5, 0.6) is 0 Å². The van der Waals surface area contributed by atoms with Crippen molar-refractivity contribution in [3.8, 4) is 11.1 Å². The molecule has 0 unspecified atom stereocenters. The van der Waals surface area contributed by atoms with E-state index in [-0.39, 0.29) is 5.69 Å². The van der Waals surface area contributed by atoms with Gasteiger partial charge in [0.15, 0.2) is 0 Å². The molecule has 2 amide bonds. The van der Waals surface area contributed by atoms with Gasteiger partial charge in [0.1, 0.15) is 5.82 Å². The van der Waals surface area contributed by atoms with Crippen LogP contribution in [0.4, 0.5) is 14.9 Å². The number of likely N-dealkylation sites (tertiary alicyclic amines) is 1. The van der Waals surface area contributed by atoms with E-state index >= 15 is 0 Å². The minimum atomic E-state index is -0.831. The van der Waals surface area contributed by atoms with Crippen LogP contribution in [0.15, 0.2) is 48.5 Å². The number of piperidine rings is 1. The van der Waals surface area contributed by atoms with E-state index in [1.165, 1.54) is 11.0 Å². The summed E-state index contributed by atoms with van der Waals surface area (Å²) in [6, 6.07) is 13.7. The lowest BCUT2D eigenvalue weighted by Crippen LogP contribution is -2.42. The van der Waals surface area contributed by atoms with Gasteiger partial charge in [-0.2, -0.15) is 0 Å². The van der Waals surface area contributed by atoms with Crippen LogP contribution in [0.25, 0.3) is 11.1 Å². The lowest BCUT2D eigenvalue weighted by Gasteiger charge is -2.30. The normalized spacial score (nSPS) is 15.0. The molecular weight excluding hydrogens is 323 g/mol. The zero-order chi connectivity index (χ0) is 17.8. The maximum Gasteiger partial charge on any atom is 0.321 e. The molecule has 130 valence electrons. The second-order valence-electron chi connectivity index (χ2n) is 6.09. The highest BCUT2D eigenvalue weighted by Crippen LogP contribution is 2.25. The van der Waals surface area contributed by atoms with E-state index in [1.54, 1.807) is 12.1 Å². The number of hydrogen-bond acceptors (Lipinski definition) is 2. The van der Waals surface area contributed by atoms with Crippen LogP contribution in [0.1, 0.15) is 12.8 Å². The molecule has 25 heavy (non-hydrogen) atoms. The van der Waals surface area contributed by atoms with Crippen molar-refractivity contribution in [2.24, 2.45) is 5.92 Å². The molecule has 2 aromatic carbocycles. The topological polar surface area (TPSA) is 69.6 Å². The van der Waals surface area contributed by atoms with E-state index in [1.807, 2.05) is 30.3 Å². The van der Waals surface area contributed by atoms with Gasteiger partial charge >= 0.3 is 12.0 Å². The summed E-state index contributed by atoms with van der Waals surface area (Å²) >= 11 is 0. The quantitative estimate of drug-likeness (QED) is 0.891. The molecular formula is C19H19FN2O3. The van der Waals surface area contributed by atoms with Crippen molar-refractivity contribution >= 4 is 17.7 Å². The Morgan fingerprint density at radius 1 is 1.04 bits per heavy atom. The SMILES string of the molecule is O=C(O)C1CCN(C(=O)Nc2ccc(-c3ccccc3)cc2F)CC1. The van der Waals surface area contributed by atoms with Crippen LogP contribution in [0.3, 0.4) is 0 Å². The molecule has 0 atom stereocenters. The van der Waals surface area contributed by atoms with Crippen molar-refractivity contribution < 1.29 is 19.1 Å². The highest BCUT2D eigenvalue weighted by Gasteiger charge is 2.27. The molecule has 1 fully saturated rings. The first-order chi connectivity index (χ1) is 12.0. The first kappa shape index (κ1) is 17.0. The summed E-state index contributed by atoms with van der Waals surface area (Å²) in [6.07, 6.45) is 0.830. The van der Waals surface area contributed by atoms with E-state index in [2.05, 4.69) is 5.32 Å². The number of carbonyl (C=O) groups excluding carboxylic acids is 1. The number of aliphatic carboxylic acids is 1. The highest BCUT2D eigenvalue weighted by molar-refractivity contribution is 5.90. The zero-order valence-electron chi connectivity index (χ0n) is 13.6. The molecule has 1 aliphatic rings. The number of urea groups is 1. The van der Waals surface area contributed by atoms with Crippen LogP contribution in [0, 0.1) is 11.7 Å². The zero-order valence-corrected chi connectivity index (χ0v) is 13.6. The number of anilines is 1. The smallest absolute Gasteiger partial charge is 0.321 e. The number of hydrogen-bond donors (Lipinski definition) is 2. The summed E-state index contributed by atoms with van der Waals surface area (Å²) in [7, 11) is 0. The van der Waals surface area contributed by atoms with E-state index in [9.17, 15) is 14.0 Å². The first-order valence-corrected chi connectivity index (χ1v) is 8.18. The van der Waals surface area contributed by atoms with Gasteiger partial charge in [0, 0.05) is 13.1 Å². The lowest BCUT2D eigenvalue weighted by molar-refractivity contribution is -0.143. The van der Waals surface area contributed by atoms with E-state index < -0.39 is 23.7 Å².